The molecule has 0 radical (unpaired) electrons. The molecule has 2 rings (SSSR count). The number of hydrazone groups is 1. The average molecular weight is 329 g/mol. The van der Waals surface area contributed by atoms with E-state index in [2.05, 4.69) is 10.5 Å². The molecule has 9 nitrogen and oxygen atoms in total. The van der Waals surface area contributed by atoms with Crippen LogP contribution in [0.25, 0.3) is 0 Å². The van der Waals surface area contributed by atoms with Crippen molar-refractivity contribution in [3.63, 3.8) is 0 Å². The molecule has 1 aromatic rings. The van der Waals surface area contributed by atoms with Gasteiger partial charge in [-0.2, -0.15) is 10.4 Å². The van der Waals surface area contributed by atoms with Gasteiger partial charge in [-0.05, 0) is 25.0 Å². The molecule has 24 heavy (non-hydrogen) atoms. The van der Waals surface area contributed by atoms with Crippen LogP contribution in [-0.2, 0) is 0 Å². The third kappa shape index (κ3) is 4.19. The van der Waals surface area contributed by atoms with Crippen LogP contribution in [-0.4, -0.2) is 29.6 Å². The fourth-order valence-corrected chi connectivity index (χ4v) is 2.58. The van der Waals surface area contributed by atoms with Crippen LogP contribution >= 0.6 is 0 Å². The Morgan fingerprint density at radius 2 is 2.04 bits per heavy atom. The molecule has 0 unspecified atom stereocenters. The molecule has 0 spiro atoms. The van der Waals surface area contributed by atoms with E-state index in [9.17, 15) is 10.1 Å². The van der Waals surface area contributed by atoms with Crippen LogP contribution < -0.4 is 16.1 Å². The molecule has 0 bridgehead atoms. The summed E-state index contributed by atoms with van der Waals surface area (Å²) in [6.45, 7) is 1.60. The largest absolute Gasteiger partial charge is 0.382 e. The Bertz CT molecular complexity index is 700. The lowest BCUT2D eigenvalue weighted by molar-refractivity contribution is -0.384. The van der Waals surface area contributed by atoms with Crippen molar-refractivity contribution in [1.82, 2.24) is 0 Å². The summed E-state index contributed by atoms with van der Waals surface area (Å²) in [5.74, 6) is -0.472. The first-order valence-corrected chi connectivity index (χ1v) is 7.64. The number of anilines is 2. The number of hydrogen-bond donors (Lipinski definition) is 3. The molecule has 0 aliphatic carbocycles. The number of amidine groups is 1. The van der Waals surface area contributed by atoms with Crippen molar-refractivity contribution in [2.24, 2.45) is 10.8 Å². The molecule has 1 saturated heterocycles. The van der Waals surface area contributed by atoms with Gasteiger partial charge >= 0.3 is 0 Å². The summed E-state index contributed by atoms with van der Waals surface area (Å²) >= 11 is 0. The second-order valence-corrected chi connectivity index (χ2v) is 5.46. The van der Waals surface area contributed by atoms with E-state index in [-0.39, 0.29) is 11.4 Å². The summed E-state index contributed by atoms with van der Waals surface area (Å²) in [6, 6.07) is 6.39. The maximum absolute atomic E-state index is 11.4. The lowest BCUT2D eigenvalue weighted by atomic mass is 10.2. The lowest BCUT2D eigenvalue weighted by Gasteiger charge is -2.22. The van der Waals surface area contributed by atoms with Crippen molar-refractivity contribution >= 4 is 28.6 Å². The molecule has 1 aliphatic rings. The van der Waals surface area contributed by atoms with Crippen molar-refractivity contribution < 1.29 is 4.92 Å². The number of nitrogens with two attached hydrogens (primary N) is 1. The molecule has 0 aromatic heterocycles. The highest BCUT2D eigenvalue weighted by atomic mass is 16.6. The predicted molar refractivity (Wildman–Crippen MR) is 92.4 cm³/mol. The van der Waals surface area contributed by atoms with E-state index in [1.807, 2.05) is 4.90 Å². The van der Waals surface area contributed by atoms with Gasteiger partial charge in [0.1, 0.15) is 11.8 Å². The molecule has 126 valence electrons. The topological polar surface area (TPSA) is 144 Å². The summed E-state index contributed by atoms with van der Waals surface area (Å²) in [5, 5.41) is 31.1. The van der Waals surface area contributed by atoms with Crippen LogP contribution in [0.1, 0.15) is 25.7 Å². The molecule has 0 atom stereocenters. The van der Waals surface area contributed by atoms with Crippen LogP contribution in [0.4, 0.5) is 17.1 Å². The Labute approximate surface area is 139 Å². The zero-order valence-electron chi connectivity index (χ0n) is 13.2. The second-order valence-electron chi connectivity index (χ2n) is 5.46. The van der Waals surface area contributed by atoms with Crippen LogP contribution in [0.15, 0.2) is 23.3 Å². The van der Waals surface area contributed by atoms with E-state index in [0.717, 1.165) is 38.8 Å². The predicted octanol–water partition coefficient (Wildman–Crippen LogP) is 2.20. The molecule has 0 amide bonds. The van der Waals surface area contributed by atoms with Gasteiger partial charge in [0.15, 0.2) is 5.84 Å². The summed E-state index contributed by atoms with van der Waals surface area (Å²) in [6.07, 6.45) is 4.32. The first-order valence-electron chi connectivity index (χ1n) is 7.64. The maximum atomic E-state index is 11.4. The molecular formula is C15H19N7O2. The third-order valence-corrected chi connectivity index (χ3v) is 3.78. The van der Waals surface area contributed by atoms with Crippen LogP contribution in [0.5, 0.6) is 0 Å². The van der Waals surface area contributed by atoms with E-state index in [0.29, 0.717) is 11.4 Å². The van der Waals surface area contributed by atoms with Crippen molar-refractivity contribution in [3.05, 3.63) is 28.3 Å². The van der Waals surface area contributed by atoms with Gasteiger partial charge in [0.05, 0.1) is 10.6 Å². The van der Waals surface area contributed by atoms with Gasteiger partial charge < -0.3 is 10.6 Å². The molecule has 1 aromatic carbocycles. The van der Waals surface area contributed by atoms with Gasteiger partial charge in [0.2, 0.25) is 5.71 Å². The summed E-state index contributed by atoms with van der Waals surface area (Å²) in [5.41, 5.74) is 8.38. The van der Waals surface area contributed by atoms with Crippen LogP contribution in [0.2, 0.25) is 0 Å². The van der Waals surface area contributed by atoms with Gasteiger partial charge in [-0.15, -0.1) is 0 Å². The Morgan fingerprint density at radius 1 is 1.38 bits per heavy atom. The van der Waals surface area contributed by atoms with Gasteiger partial charge in [0.25, 0.3) is 5.69 Å². The Balaban J connectivity index is 2.28. The molecule has 0 saturated carbocycles. The van der Waals surface area contributed by atoms with Crippen molar-refractivity contribution in [1.29, 1.82) is 10.7 Å². The highest BCUT2D eigenvalue weighted by Gasteiger charge is 2.21. The van der Waals surface area contributed by atoms with Crippen LogP contribution in [0, 0.1) is 26.9 Å². The highest BCUT2D eigenvalue weighted by Crippen LogP contribution is 2.32. The molecule has 1 fully saturated rings. The molecular weight excluding hydrogens is 310 g/mol. The molecule has 1 heterocycles. The van der Waals surface area contributed by atoms with Gasteiger partial charge in [-0.1, -0.05) is 12.8 Å². The summed E-state index contributed by atoms with van der Waals surface area (Å²) < 4.78 is 0. The molecule has 1 aliphatic heterocycles. The van der Waals surface area contributed by atoms with Crippen molar-refractivity contribution in [2.45, 2.75) is 25.7 Å². The van der Waals surface area contributed by atoms with E-state index < -0.39 is 10.8 Å². The Morgan fingerprint density at radius 3 is 2.58 bits per heavy atom. The standard InChI is InChI=1S/C15H19N7O2/c16-10-12(15(17)18)20-19-11-5-6-13(14(9-11)22(23)24)21-7-3-1-2-4-8-21/h5-6,9,19H,1-4,7-8H2,(H3,17,18)/b20-12+. The van der Waals surface area contributed by atoms with Crippen molar-refractivity contribution in [2.75, 3.05) is 23.4 Å². The lowest BCUT2D eigenvalue weighted by Crippen LogP contribution is -2.24. The van der Waals surface area contributed by atoms with E-state index in [1.54, 1.807) is 18.2 Å². The fraction of sp³-hybridized carbons (Fsp3) is 0.400. The first kappa shape index (κ1) is 17.2. The number of rotatable bonds is 5. The summed E-state index contributed by atoms with van der Waals surface area (Å²) in [4.78, 5) is 13.0. The summed E-state index contributed by atoms with van der Waals surface area (Å²) in [7, 11) is 0. The molecule has 4 N–H and O–H groups in total. The van der Waals surface area contributed by atoms with Gasteiger partial charge in [0, 0.05) is 19.2 Å². The number of nitro benzene ring substituents is 1. The van der Waals surface area contributed by atoms with Gasteiger partial charge in [-0.3, -0.25) is 20.9 Å². The van der Waals surface area contributed by atoms with E-state index in [1.165, 1.54) is 6.07 Å². The molecule has 9 heteroatoms. The number of hydrogen-bond acceptors (Lipinski definition) is 7. The van der Waals surface area contributed by atoms with Crippen molar-refractivity contribution in [3.8, 4) is 6.07 Å². The quantitative estimate of drug-likeness (QED) is 0.327. The zero-order valence-corrected chi connectivity index (χ0v) is 13.2. The minimum absolute atomic E-state index is 0.0153. The monoisotopic (exact) mass is 329 g/mol. The normalized spacial score (nSPS) is 15.3. The van der Waals surface area contributed by atoms with Gasteiger partial charge in [-0.25, -0.2) is 0 Å². The highest BCUT2D eigenvalue weighted by molar-refractivity contribution is 6.45. The van der Waals surface area contributed by atoms with E-state index >= 15 is 0 Å². The smallest absolute Gasteiger partial charge is 0.294 e. The minimum Gasteiger partial charge on any atom is -0.382 e. The zero-order chi connectivity index (χ0) is 17.5. The average Bonchev–Trinajstić information content (AvgIpc) is 2.84. The third-order valence-electron chi connectivity index (χ3n) is 3.78. The number of benzene rings is 1. The number of nitrogens with one attached hydrogen (secondary N) is 2. The SMILES string of the molecule is N#C/C(=N\Nc1ccc(N2CCCCCC2)c([N+](=O)[O-])c1)C(=N)N. The van der Waals surface area contributed by atoms with E-state index in [4.69, 9.17) is 16.4 Å². The number of nitrogens with zero attached hydrogens (tertiary/aromatic N) is 4. The maximum Gasteiger partial charge on any atom is 0.294 e. The number of nitro groups is 1. The number of nitriles is 1. The Kier molecular flexibility index (Phi) is 5.68. The fourth-order valence-electron chi connectivity index (χ4n) is 2.58. The Hall–Kier alpha value is -3.15. The minimum atomic E-state index is -0.472. The van der Waals surface area contributed by atoms with Crippen LogP contribution in [0.3, 0.4) is 0 Å². The second kappa shape index (κ2) is 7.92. The first-order chi connectivity index (χ1) is 11.5.